The second kappa shape index (κ2) is 6.66. The van der Waals surface area contributed by atoms with Gasteiger partial charge >= 0.3 is 12.2 Å². The third-order valence-electron chi connectivity index (χ3n) is 3.07. The Morgan fingerprint density at radius 1 is 1.20 bits per heavy atom. The van der Waals surface area contributed by atoms with Gasteiger partial charge < -0.3 is 9.84 Å². The van der Waals surface area contributed by atoms with E-state index in [4.69, 9.17) is 4.74 Å². The molecule has 138 valence electrons. The summed E-state index contributed by atoms with van der Waals surface area (Å²) in [6.45, 7) is 9.35. The molecule has 25 heavy (non-hydrogen) atoms. The number of non-ortho nitro benzene ring substituents is 1. The minimum absolute atomic E-state index is 0.0306. The van der Waals surface area contributed by atoms with Gasteiger partial charge in [0.05, 0.1) is 4.92 Å². The van der Waals surface area contributed by atoms with Crippen LogP contribution < -0.4 is 4.90 Å². The summed E-state index contributed by atoms with van der Waals surface area (Å²) in [5, 5.41) is 20.5. The van der Waals surface area contributed by atoms with Crippen LogP contribution >= 0.6 is 0 Å². The molecular formula is C16H21FN2O6. The Hall–Kier alpha value is -2.71. The van der Waals surface area contributed by atoms with E-state index in [1.165, 1.54) is 20.8 Å². The fraction of sp³-hybridized carbons (Fsp3) is 0.500. The third-order valence-corrected chi connectivity index (χ3v) is 3.07. The maximum Gasteiger partial charge on any atom is 0.424 e. The van der Waals surface area contributed by atoms with Crippen LogP contribution in [-0.4, -0.2) is 27.8 Å². The van der Waals surface area contributed by atoms with Gasteiger partial charge in [-0.15, -0.1) is 0 Å². The molecule has 8 nitrogen and oxygen atoms in total. The van der Waals surface area contributed by atoms with Gasteiger partial charge in [-0.3, -0.25) is 10.1 Å². The minimum Gasteiger partial charge on any atom is -0.464 e. The second-order valence-corrected chi connectivity index (χ2v) is 7.43. The molecule has 0 aliphatic heterocycles. The lowest BCUT2D eigenvalue weighted by Gasteiger charge is -2.26. The zero-order valence-electron chi connectivity index (χ0n) is 14.9. The summed E-state index contributed by atoms with van der Waals surface area (Å²) < 4.78 is 19.8. The van der Waals surface area contributed by atoms with Crippen LogP contribution in [0.5, 0.6) is 0 Å². The van der Waals surface area contributed by atoms with Crippen LogP contribution in [-0.2, 0) is 10.2 Å². The number of imide groups is 1. The highest BCUT2D eigenvalue weighted by Crippen LogP contribution is 2.35. The number of anilines is 1. The SMILES string of the molecule is CC(C)(C)OC(=O)N(C(=O)O)c1cc([N+](=O)[O-])cc(C(C)(C)C)c1F. The molecule has 2 amide bonds. The maximum absolute atomic E-state index is 14.9. The molecule has 0 atom stereocenters. The average molecular weight is 356 g/mol. The lowest BCUT2D eigenvalue weighted by atomic mass is 9.86. The van der Waals surface area contributed by atoms with Crippen LogP contribution in [0, 0.1) is 15.9 Å². The van der Waals surface area contributed by atoms with Crippen LogP contribution in [0.15, 0.2) is 12.1 Å². The highest BCUT2D eigenvalue weighted by atomic mass is 19.1. The van der Waals surface area contributed by atoms with E-state index in [0.29, 0.717) is 6.07 Å². The van der Waals surface area contributed by atoms with Crippen molar-refractivity contribution < 1.29 is 28.7 Å². The smallest absolute Gasteiger partial charge is 0.424 e. The molecule has 0 saturated heterocycles. The van der Waals surface area contributed by atoms with E-state index in [-0.39, 0.29) is 10.5 Å². The van der Waals surface area contributed by atoms with Crippen LogP contribution in [0.3, 0.4) is 0 Å². The lowest BCUT2D eigenvalue weighted by Crippen LogP contribution is -2.41. The predicted octanol–water partition coefficient (Wildman–Crippen LogP) is 4.45. The van der Waals surface area contributed by atoms with Gasteiger partial charge in [-0.2, -0.15) is 4.90 Å². The number of carbonyl (C=O) groups is 2. The second-order valence-electron chi connectivity index (χ2n) is 7.43. The number of rotatable bonds is 2. The summed E-state index contributed by atoms with van der Waals surface area (Å²) in [7, 11) is 0. The van der Waals surface area contributed by atoms with E-state index >= 15 is 0 Å². The molecule has 0 unspecified atom stereocenters. The first-order valence-electron chi connectivity index (χ1n) is 7.39. The highest BCUT2D eigenvalue weighted by molar-refractivity contribution is 6.09. The third kappa shape index (κ3) is 4.88. The number of ether oxygens (including phenoxy) is 1. The van der Waals surface area contributed by atoms with Crippen LogP contribution in [0.1, 0.15) is 47.1 Å². The van der Waals surface area contributed by atoms with Crippen molar-refractivity contribution >= 4 is 23.6 Å². The molecule has 0 aliphatic carbocycles. The number of amides is 2. The Bertz CT molecular complexity index is 719. The van der Waals surface area contributed by atoms with Gasteiger partial charge in [-0.25, -0.2) is 14.0 Å². The van der Waals surface area contributed by atoms with Crippen molar-refractivity contribution in [2.24, 2.45) is 0 Å². The van der Waals surface area contributed by atoms with Crippen molar-refractivity contribution in [1.29, 1.82) is 0 Å². The summed E-state index contributed by atoms with van der Waals surface area (Å²) in [5.41, 5.74) is -3.26. The molecule has 1 N–H and O–H groups in total. The van der Waals surface area contributed by atoms with Crippen molar-refractivity contribution in [3.05, 3.63) is 33.6 Å². The summed E-state index contributed by atoms with van der Waals surface area (Å²) >= 11 is 0. The number of hydrogen-bond acceptors (Lipinski definition) is 5. The molecule has 0 fully saturated rings. The van der Waals surface area contributed by atoms with Crippen molar-refractivity contribution in [3.8, 4) is 0 Å². The molecule has 0 heterocycles. The molecule has 0 aromatic heterocycles. The zero-order chi connectivity index (χ0) is 19.7. The van der Waals surface area contributed by atoms with Gasteiger partial charge in [0.25, 0.3) is 5.69 Å². The average Bonchev–Trinajstić information content (AvgIpc) is 2.36. The topological polar surface area (TPSA) is 110 Å². The molecule has 0 radical (unpaired) electrons. The van der Waals surface area contributed by atoms with E-state index in [2.05, 4.69) is 0 Å². The van der Waals surface area contributed by atoms with E-state index in [9.17, 15) is 29.2 Å². The lowest BCUT2D eigenvalue weighted by molar-refractivity contribution is -0.384. The quantitative estimate of drug-likeness (QED) is 0.619. The van der Waals surface area contributed by atoms with E-state index in [1.54, 1.807) is 20.8 Å². The molecule has 0 spiro atoms. The van der Waals surface area contributed by atoms with Gasteiger partial charge in [0.2, 0.25) is 0 Å². The number of benzene rings is 1. The van der Waals surface area contributed by atoms with E-state index < -0.39 is 45.3 Å². The highest BCUT2D eigenvalue weighted by Gasteiger charge is 2.35. The minimum atomic E-state index is -1.81. The first kappa shape index (κ1) is 20.3. The molecule has 1 rings (SSSR count). The fourth-order valence-corrected chi connectivity index (χ4v) is 2.00. The number of nitrogens with zero attached hydrogens (tertiary/aromatic N) is 2. The number of hydrogen-bond donors (Lipinski definition) is 1. The van der Waals surface area contributed by atoms with Crippen LogP contribution in [0.25, 0.3) is 0 Å². The first-order valence-corrected chi connectivity index (χ1v) is 7.39. The molecule has 0 saturated carbocycles. The Morgan fingerprint density at radius 3 is 2.08 bits per heavy atom. The van der Waals surface area contributed by atoms with Gasteiger partial charge in [0.1, 0.15) is 11.3 Å². The molecule has 0 aliphatic rings. The summed E-state index contributed by atoms with van der Waals surface area (Å²) in [4.78, 5) is 34.1. The van der Waals surface area contributed by atoms with Crippen LogP contribution in [0.4, 0.5) is 25.4 Å². The van der Waals surface area contributed by atoms with Crippen molar-refractivity contribution in [1.82, 2.24) is 0 Å². The molecule has 0 bridgehead atoms. The zero-order valence-corrected chi connectivity index (χ0v) is 14.9. The summed E-state index contributed by atoms with van der Waals surface area (Å²) in [5.74, 6) is -1.04. The largest absolute Gasteiger partial charge is 0.464 e. The summed E-state index contributed by atoms with van der Waals surface area (Å²) in [6.07, 6.45) is -3.16. The van der Waals surface area contributed by atoms with Gasteiger partial charge in [0.15, 0.2) is 5.82 Å². The molecular weight excluding hydrogens is 335 g/mol. The van der Waals surface area contributed by atoms with Crippen LogP contribution in [0.2, 0.25) is 0 Å². The van der Waals surface area contributed by atoms with Gasteiger partial charge in [-0.05, 0) is 26.2 Å². The monoisotopic (exact) mass is 356 g/mol. The van der Waals surface area contributed by atoms with Gasteiger partial charge in [-0.1, -0.05) is 20.8 Å². The number of nitro groups is 1. The number of carboxylic acid groups (broad SMARTS) is 1. The fourth-order valence-electron chi connectivity index (χ4n) is 2.00. The normalized spacial score (nSPS) is 11.8. The molecule has 1 aromatic carbocycles. The van der Waals surface area contributed by atoms with E-state index in [1.807, 2.05) is 0 Å². The van der Waals surface area contributed by atoms with E-state index in [0.717, 1.165) is 6.07 Å². The van der Waals surface area contributed by atoms with Crippen molar-refractivity contribution in [2.45, 2.75) is 52.6 Å². The molecule has 9 heteroatoms. The standard InChI is InChI=1S/C16H21FN2O6/c1-15(2,3)10-7-9(19(23)24)8-11(12(10)17)18(13(20)21)14(22)25-16(4,5)6/h7-8H,1-6H3,(H,20,21). The predicted molar refractivity (Wildman–Crippen MR) is 88.5 cm³/mol. The van der Waals surface area contributed by atoms with Crippen molar-refractivity contribution in [3.63, 3.8) is 0 Å². The first-order chi connectivity index (χ1) is 11.1. The number of nitro benzene ring substituents is 1. The Kier molecular flexibility index (Phi) is 5.41. The molecule has 1 aromatic rings. The number of carbonyl (C=O) groups excluding carboxylic acids is 1. The number of halogens is 1. The summed E-state index contributed by atoms with van der Waals surface area (Å²) in [6, 6.07) is 1.72. The maximum atomic E-state index is 14.9. The Morgan fingerprint density at radius 2 is 1.72 bits per heavy atom. The van der Waals surface area contributed by atoms with Crippen molar-refractivity contribution in [2.75, 3.05) is 4.90 Å². The Labute approximate surface area is 144 Å². The van der Waals surface area contributed by atoms with Gasteiger partial charge in [0, 0.05) is 17.7 Å². The Balaban J connectivity index is 3.65.